The summed E-state index contributed by atoms with van der Waals surface area (Å²) in [6, 6.07) is -2.14. The number of urea groups is 1. The number of oxime groups is 1. The van der Waals surface area contributed by atoms with Crippen molar-refractivity contribution in [1.29, 1.82) is 0 Å². The first-order chi connectivity index (χ1) is 11.0. The van der Waals surface area contributed by atoms with Crippen molar-refractivity contribution >= 4 is 23.6 Å². The molecule has 0 radical (unpaired) electrons. The van der Waals surface area contributed by atoms with Crippen molar-refractivity contribution in [2.24, 2.45) is 5.16 Å². The van der Waals surface area contributed by atoms with Gasteiger partial charge in [-0.2, -0.15) is 5.06 Å². The summed E-state index contributed by atoms with van der Waals surface area (Å²) in [6.45, 7) is 3.44. The molecule has 3 amide bonds. The fourth-order valence-corrected chi connectivity index (χ4v) is 2.39. The van der Waals surface area contributed by atoms with E-state index < -0.39 is 24.1 Å². The highest BCUT2D eigenvalue weighted by molar-refractivity contribution is 6.01. The lowest BCUT2D eigenvalue weighted by molar-refractivity contribution is -0.142. The van der Waals surface area contributed by atoms with Crippen LogP contribution in [-0.4, -0.2) is 77.6 Å². The van der Waals surface area contributed by atoms with Gasteiger partial charge in [-0.05, 0) is 0 Å². The number of amides is 3. The Balaban J connectivity index is 2.18. The topological polar surface area (TPSA) is 121 Å². The van der Waals surface area contributed by atoms with Gasteiger partial charge in [-0.25, -0.2) is 9.59 Å². The average molecular weight is 326 g/mol. The van der Waals surface area contributed by atoms with Gasteiger partial charge in [0.1, 0.15) is 12.1 Å². The Morgan fingerprint density at radius 1 is 1.57 bits per heavy atom. The number of rotatable bonds is 7. The number of hydroxylamine groups is 2. The summed E-state index contributed by atoms with van der Waals surface area (Å²) < 4.78 is 0. The summed E-state index contributed by atoms with van der Waals surface area (Å²) in [7, 11) is 1.46. The maximum atomic E-state index is 12.3. The zero-order chi connectivity index (χ0) is 17.0. The summed E-state index contributed by atoms with van der Waals surface area (Å²) >= 11 is 0. The molecule has 2 aliphatic rings. The first-order valence-corrected chi connectivity index (χ1v) is 6.95. The Morgan fingerprint density at radius 3 is 2.91 bits per heavy atom. The zero-order valence-corrected chi connectivity index (χ0v) is 12.6. The lowest BCUT2D eigenvalue weighted by Gasteiger charge is -2.28. The van der Waals surface area contributed by atoms with Crippen molar-refractivity contribution in [2.45, 2.75) is 18.5 Å². The number of hydrogen-bond acceptors (Lipinski definition) is 6. The maximum absolute atomic E-state index is 12.3. The minimum absolute atomic E-state index is 0.00737. The second-order valence-electron chi connectivity index (χ2n) is 4.95. The van der Waals surface area contributed by atoms with Crippen molar-refractivity contribution in [3.05, 3.63) is 12.7 Å². The molecular formula is C13H18N4O6. The number of carbonyl (C=O) groups excluding carboxylic acids is 2. The third kappa shape index (κ3) is 3.42. The normalized spacial score (nSPS) is 24.7. The Kier molecular flexibility index (Phi) is 5.16. The molecule has 10 nitrogen and oxygen atoms in total. The van der Waals surface area contributed by atoms with E-state index in [1.165, 1.54) is 18.0 Å². The van der Waals surface area contributed by atoms with Crippen LogP contribution in [-0.2, 0) is 19.3 Å². The van der Waals surface area contributed by atoms with Crippen LogP contribution < -0.4 is 5.32 Å². The number of carbonyl (C=O) groups is 3. The van der Waals surface area contributed by atoms with Gasteiger partial charge in [0.2, 0.25) is 0 Å². The number of piperidine rings is 1. The first kappa shape index (κ1) is 16.7. The second kappa shape index (κ2) is 7.09. The third-order valence-electron chi connectivity index (χ3n) is 3.52. The van der Waals surface area contributed by atoms with Gasteiger partial charge >= 0.3 is 12.0 Å². The summed E-state index contributed by atoms with van der Waals surface area (Å²) in [4.78, 5) is 46.2. The van der Waals surface area contributed by atoms with Gasteiger partial charge < -0.3 is 20.2 Å². The molecule has 0 spiro atoms. The van der Waals surface area contributed by atoms with Gasteiger partial charge in [0, 0.05) is 13.5 Å². The highest BCUT2D eigenvalue weighted by Crippen LogP contribution is 2.29. The molecule has 2 atom stereocenters. The molecule has 0 saturated carbocycles. The second-order valence-corrected chi connectivity index (χ2v) is 4.95. The van der Waals surface area contributed by atoms with E-state index in [1.54, 1.807) is 0 Å². The van der Waals surface area contributed by atoms with Gasteiger partial charge in [0.15, 0.2) is 6.61 Å². The van der Waals surface area contributed by atoms with Crippen molar-refractivity contribution in [3.8, 4) is 0 Å². The number of fused-ring (bicyclic) bond motifs is 2. The van der Waals surface area contributed by atoms with Crippen LogP contribution in [0.25, 0.3) is 0 Å². The summed E-state index contributed by atoms with van der Waals surface area (Å²) in [5.41, 5.74) is 0.340. The van der Waals surface area contributed by atoms with E-state index in [4.69, 9.17) is 9.68 Å². The van der Waals surface area contributed by atoms with Crippen LogP contribution in [0.15, 0.2) is 17.8 Å². The van der Waals surface area contributed by atoms with E-state index in [0.717, 1.165) is 5.06 Å². The van der Waals surface area contributed by atoms with E-state index in [0.29, 0.717) is 5.71 Å². The molecule has 126 valence electrons. The summed E-state index contributed by atoms with van der Waals surface area (Å²) in [5.74, 6) is -1.51. The van der Waals surface area contributed by atoms with Gasteiger partial charge in [-0.3, -0.25) is 9.63 Å². The largest absolute Gasteiger partial charge is 0.480 e. The van der Waals surface area contributed by atoms with E-state index in [2.05, 4.69) is 17.1 Å². The minimum atomic E-state index is -1.14. The molecule has 2 saturated heterocycles. The predicted octanol–water partition coefficient (Wildman–Crippen LogP) is -0.814. The van der Waals surface area contributed by atoms with Crippen LogP contribution in [0.1, 0.15) is 6.42 Å². The monoisotopic (exact) mass is 326 g/mol. The van der Waals surface area contributed by atoms with E-state index in [-0.39, 0.29) is 32.1 Å². The lowest BCUT2D eigenvalue weighted by atomic mass is 9.99. The van der Waals surface area contributed by atoms with Gasteiger partial charge in [0.25, 0.3) is 5.91 Å². The molecule has 10 heteroatoms. The van der Waals surface area contributed by atoms with E-state index >= 15 is 0 Å². The van der Waals surface area contributed by atoms with Crippen LogP contribution in [0.2, 0.25) is 0 Å². The molecule has 2 N–H and O–H groups in total. The molecule has 2 bridgehead atoms. The Hall–Kier alpha value is -2.62. The van der Waals surface area contributed by atoms with Crippen molar-refractivity contribution < 1.29 is 29.2 Å². The van der Waals surface area contributed by atoms with Crippen LogP contribution in [0, 0.1) is 0 Å². The van der Waals surface area contributed by atoms with Crippen LogP contribution >= 0.6 is 0 Å². The Bertz CT molecular complexity index is 549. The molecule has 0 aromatic rings. The van der Waals surface area contributed by atoms with Crippen molar-refractivity contribution in [1.82, 2.24) is 15.3 Å². The van der Waals surface area contributed by atoms with Crippen LogP contribution in [0.3, 0.4) is 0 Å². The van der Waals surface area contributed by atoms with Gasteiger partial charge in [0.05, 0.1) is 18.9 Å². The summed E-state index contributed by atoms with van der Waals surface area (Å²) in [6.07, 6.45) is 1.48. The highest BCUT2D eigenvalue weighted by Gasteiger charge is 2.51. The lowest BCUT2D eigenvalue weighted by Crippen LogP contribution is -2.48. The number of nitrogens with one attached hydrogen (secondary N) is 1. The Labute approximate surface area is 132 Å². The highest BCUT2D eigenvalue weighted by atomic mass is 16.7. The fraction of sp³-hybridized carbons (Fsp3) is 0.538. The number of nitrogens with zero attached hydrogens (tertiary/aromatic N) is 3. The number of likely N-dealkylation sites (N-methyl/N-ethyl adjacent to an activating group) is 1. The third-order valence-corrected chi connectivity index (χ3v) is 3.52. The SMILES string of the molecule is C=CCON1C(=O)N2C[C@H]1/C(=N/OCC(=O)NC)C[C@H]2C(=O)O. The first-order valence-electron chi connectivity index (χ1n) is 6.95. The predicted molar refractivity (Wildman–Crippen MR) is 77.4 cm³/mol. The molecule has 0 aromatic carbocycles. The number of carboxylic acid groups (broad SMARTS) is 1. The standard InChI is InChI=1S/C13H18N4O6/c1-3-4-23-17-10-6-16(13(17)21)9(12(19)20)5-8(10)15-22-7-11(18)14-2/h3,9-10H,1,4-7H2,2H3,(H,14,18)(H,19,20)/b15-8+/t9-,10-/m0/s1. The quantitative estimate of drug-likeness (QED) is 0.466. The van der Waals surface area contributed by atoms with Gasteiger partial charge in [-0.15, -0.1) is 6.58 Å². The molecular weight excluding hydrogens is 308 g/mol. The van der Waals surface area contributed by atoms with Crippen molar-refractivity contribution in [3.63, 3.8) is 0 Å². The van der Waals surface area contributed by atoms with Crippen molar-refractivity contribution in [2.75, 3.05) is 26.8 Å². The smallest absolute Gasteiger partial charge is 0.345 e. The molecule has 0 aliphatic carbocycles. The average Bonchev–Trinajstić information content (AvgIpc) is 2.80. The number of hydrogen-bond donors (Lipinski definition) is 2. The molecule has 2 aliphatic heterocycles. The molecule has 0 unspecified atom stereocenters. The number of aliphatic carboxylic acids is 1. The maximum Gasteiger partial charge on any atom is 0.345 e. The number of carboxylic acids is 1. The summed E-state index contributed by atoms with van der Waals surface area (Å²) in [5, 5.41) is 16.6. The zero-order valence-electron chi connectivity index (χ0n) is 12.6. The molecule has 2 rings (SSSR count). The molecule has 2 fully saturated rings. The van der Waals surface area contributed by atoms with E-state index in [9.17, 15) is 19.5 Å². The van der Waals surface area contributed by atoms with Gasteiger partial charge in [-0.1, -0.05) is 11.2 Å². The molecule has 2 heterocycles. The molecule has 0 aromatic heterocycles. The minimum Gasteiger partial charge on any atom is -0.480 e. The van der Waals surface area contributed by atoms with Crippen LogP contribution in [0.5, 0.6) is 0 Å². The fourth-order valence-electron chi connectivity index (χ4n) is 2.39. The van der Waals surface area contributed by atoms with Crippen LogP contribution in [0.4, 0.5) is 4.79 Å². The Morgan fingerprint density at radius 2 is 2.30 bits per heavy atom. The molecule has 23 heavy (non-hydrogen) atoms. The van der Waals surface area contributed by atoms with E-state index in [1.807, 2.05) is 0 Å².